The first kappa shape index (κ1) is 13.6. The smallest absolute Gasteiger partial charge is 0.417 e. The molecular weight excluding hydrogens is 285 g/mol. The van der Waals surface area contributed by atoms with Crippen molar-refractivity contribution in [3.8, 4) is 0 Å². The Labute approximate surface area is 110 Å². The lowest BCUT2D eigenvalue weighted by molar-refractivity contribution is -0.137. The highest BCUT2D eigenvalue weighted by Crippen LogP contribution is 2.32. The summed E-state index contributed by atoms with van der Waals surface area (Å²) in [6.45, 7) is 1.75. The van der Waals surface area contributed by atoms with E-state index in [2.05, 4.69) is 20.5 Å². The molecule has 0 saturated carbocycles. The topological polar surface area (TPSA) is 63.8 Å². The number of hydrogen-bond acceptors (Lipinski definition) is 5. The molecule has 0 aliphatic carbocycles. The number of aromatic nitrogens is 3. The second-order valence-corrected chi connectivity index (χ2v) is 4.03. The Hall–Kier alpha value is -1.83. The van der Waals surface area contributed by atoms with E-state index in [1.165, 1.54) is 0 Å². The predicted molar refractivity (Wildman–Crippen MR) is 60.6 cm³/mol. The van der Waals surface area contributed by atoms with Gasteiger partial charge in [0.1, 0.15) is 5.82 Å². The summed E-state index contributed by atoms with van der Waals surface area (Å²) in [7, 11) is 0. The van der Waals surface area contributed by atoms with Crippen LogP contribution in [0.4, 0.5) is 19.0 Å². The van der Waals surface area contributed by atoms with Crippen LogP contribution in [0.1, 0.15) is 17.3 Å². The number of rotatable bonds is 3. The Kier molecular flexibility index (Phi) is 3.61. The van der Waals surface area contributed by atoms with E-state index in [0.29, 0.717) is 12.1 Å². The molecule has 2 aromatic heterocycles. The summed E-state index contributed by atoms with van der Waals surface area (Å²) >= 11 is 5.72. The predicted octanol–water partition coefficient (Wildman–Crippen LogP) is 3.06. The van der Waals surface area contributed by atoms with Crippen LogP contribution in [0.2, 0.25) is 5.02 Å². The molecule has 0 radical (unpaired) electrons. The minimum atomic E-state index is -4.47. The average Bonchev–Trinajstić information content (AvgIpc) is 2.72. The van der Waals surface area contributed by atoms with E-state index in [1.807, 2.05) is 0 Å². The number of halogens is 4. The van der Waals surface area contributed by atoms with Gasteiger partial charge in [0, 0.05) is 13.1 Å². The Balaban J connectivity index is 2.09. The van der Waals surface area contributed by atoms with Gasteiger partial charge < -0.3 is 9.73 Å². The SMILES string of the molecule is Cc1nnc(CNc2ncc(C(F)(F)F)cc2Cl)o1. The van der Waals surface area contributed by atoms with Gasteiger partial charge in [0.05, 0.1) is 17.1 Å². The van der Waals surface area contributed by atoms with Gasteiger partial charge in [0.15, 0.2) is 0 Å². The molecule has 102 valence electrons. The van der Waals surface area contributed by atoms with Crippen LogP contribution >= 0.6 is 11.6 Å². The van der Waals surface area contributed by atoms with Gasteiger partial charge in [-0.1, -0.05) is 11.6 Å². The zero-order chi connectivity index (χ0) is 14.0. The van der Waals surface area contributed by atoms with E-state index in [1.54, 1.807) is 6.92 Å². The van der Waals surface area contributed by atoms with Crippen molar-refractivity contribution in [1.29, 1.82) is 0 Å². The lowest BCUT2D eigenvalue weighted by Crippen LogP contribution is -2.08. The first-order valence-electron chi connectivity index (χ1n) is 5.12. The van der Waals surface area contributed by atoms with Crippen molar-refractivity contribution in [2.45, 2.75) is 19.6 Å². The summed E-state index contributed by atoms with van der Waals surface area (Å²) < 4.78 is 42.3. The molecule has 9 heteroatoms. The van der Waals surface area contributed by atoms with E-state index in [4.69, 9.17) is 16.0 Å². The average molecular weight is 293 g/mol. The van der Waals surface area contributed by atoms with Gasteiger partial charge in [-0.3, -0.25) is 0 Å². The Bertz CT molecular complexity index is 584. The van der Waals surface area contributed by atoms with Crippen molar-refractivity contribution in [3.63, 3.8) is 0 Å². The van der Waals surface area contributed by atoms with Crippen LogP contribution in [0.3, 0.4) is 0 Å². The fourth-order valence-corrected chi connectivity index (χ4v) is 1.52. The van der Waals surface area contributed by atoms with Crippen LogP contribution < -0.4 is 5.32 Å². The summed E-state index contributed by atoms with van der Waals surface area (Å²) in [5.41, 5.74) is -0.906. The highest BCUT2D eigenvalue weighted by Gasteiger charge is 2.31. The Morgan fingerprint density at radius 3 is 2.63 bits per heavy atom. The molecule has 0 spiro atoms. The van der Waals surface area contributed by atoms with Gasteiger partial charge in [-0.05, 0) is 6.07 Å². The van der Waals surface area contributed by atoms with Crippen molar-refractivity contribution in [1.82, 2.24) is 15.2 Å². The third-order valence-corrected chi connectivity index (χ3v) is 2.43. The fourth-order valence-electron chi connectivity index (χ4n) is 1.29. The molecule has 2 heterocycles. The van der Waals surface area contributed by atoms with E-state index < -0.39 is 11.7 Å². The molecule has 2 rings (SSSR count). The maximum atomic E-state index is 12.4. The summed E-state index contributed by atoms with van der Waals surface area (Å²) in [6.07, 6.45) is -3.77. The lowest BCUT2D eigenvalue weighted by atomic mass is 10.3. The third-order valence-electron chi connectivity index (χ3n) is 2.14. The van der Waals surface area contributed by atoms with E-state index in [0.717, 1.165) is 6.07 Å². The largest absolute Gasteiger partial charge is 0.424 e. The number of anilines is 1. The number of pyridine rings is 1. The zero-order valence-corrected chi connectivity index (χ0v) is 10.4. The minimum Gasteiger partial charge on any atom is -0.424 e. The molecular formula is C10H8ClF3N4O. The van der Waals surface area contributed by atoms with Crippen LogP contribution in [0.25, 0.3) is 0 Å². The number of alkyl halides is 3. The molecule has 5 nitrogen and oxygen atoms in total. The first-order chi connectivity index (χ1) is 8.86. The second kappa shape index (κ2) is 5.04. The van der Waals surface area contributed by atoms with Gasteiger partial charge in [-0.2, -0.15) is 13.2 Å². The Morgan fingerprint density at radius 1 is 1.37 bits per heavy atom. The molecule has 0 saturated heterocycles. The summed E-state index contributed by atoms with van der Waals surface area (Å²) in [5, 5.41) is 9.91. The minimum absolute atomic E-state index is 0.116. The highest BCUT2D eigenvalue weighted by molar-refractivity contribution is 6.32. The maximum absolute atomic E-state index is 12.4. The lowest BCUT2D eigenvalue weighted by Gasteiger charge is -2.09. The van der Waals surface area contributed by atoms with Crippen molar-refractivity contribution in [3.05, 3.63) is 34.6 Å². The van der Waals surface area contributed by atoms with E-state index in [-0.39, 0.29) is 23.3 Å². The fraction of sp³-hybridized carbons (Fsp3) is 0.300. The molecule has 0 amide bonds. The molecule has 0 aromatic carbocycles. The third kappa shape index (κ3) is 3.34. The quantitative estimate of drug-likeness (QED) is 0.942. The second-order valence-electron chi connectivity index (χ2n) is 3.62. The van der Waals surface area contributed by atoms with Crippen LogP contribution in [-0.2, 0) is 12.7 Å². The monoisotopic (exact) mass is 292 g/mol. The highest BCUT2D eigenvalue weighted by atomic mass is 35.5. The molecule has 0 atom stereocenters. The standard InChI is InChI=1S/C10H8ClF3N4O/c1-5-17-18-8(19-5)4-16-9-7(11)2-6(3-15-9)10(12,13)14/h2-3H,4H2,1H3,(H,15,16). The first-order valence-corrected chi connectivity index (χ1v) is 5.49. The molecule has 0 fully saturated rings. The van der Waals surface area contributed by atoms with Crippen molar-refractivity contribution in [2.24, 2.45) is 0 Å². The van der Waals surface area contributed by atoms with Crippen LogP contribution in [0.15, 0.2) is 16.7 Å². The summed E-state index contributed by atoms with van der Waals surface area (Å²) in [4.78, 5) is 3.61. The van der Waals surface area contributed by atoms with Crippen molar-refractivity contribution >= 4 is 17.4 Å². The number of nitrogens with zero attached hydrogens (tertiary/aromatic N) is 3. The molecule has 19 heavy (non-hydrogen) atoms. The normalized spacial score (nSPS) is 11.6. The summed E-state index contributed by atoms with van der Waals surface area (Å²) in [5.74, 6) is 0.795. The zero-order valence-electron chi connectivity index (χ0n) is 9.62. The molecule has 0 aliphatic rings. The molecule has 0 bridgehead atoms. The van der Waals surface area contributed by atoms with Crippen LogP contribution in [0, 0.1) is 6.92 Å². The van der Waals surface area contributed by atoms with Gasteiger partial charge in [-0.15, -0.1) is 10.2 Å². The van der Waals surface area contributed by atoms with E-state index >= 15 is 0 Å². The number of nitrogens with one attached hydrogen (secondary N) is 1. The summed E-state index contributed by atoms with van der Waals surface area (Å²) in [6, 6.07) is 0.802. The van der Waals surface area contributed by atoms with Crippen LogP contribution in [-0.4, -0.2) is 15.2 Å². The van der Waals surface area contributed by atoms with Crippen molar-refractivity contribution in [2.75, 3.05) is 5.32 Å². The Morgan fingerprint density at radius 2 is 2.11 bits per heavy atom. The molecule has 1 N–H and O–H groups in total. The number of aryl methyl sites for hydroxylation is 1. The maximum Gasteiger partial charge on any atom is 0.417 e. The van der Waals surface area contributed by atoms with E-state index in [9.17, 15) is 13.2 Å². The number of hydrogen-bond donors (Lipinski definition) is 1. The van der Waals surface area contributed by atoms with Gasteiger partial charge in [0.25, 0.3) is 0 Å². The van der Waals surface area contributed by atoms with Gasteiger partial charge in [-0.25, -0.2) is 4.98 Å². The van der Waals surface area contributed by atoms with Crippen molar-refractivity contribution < 1.29 is 17.6 Å². The molecule has 2 aromatic rings. The van der Waals surface area contributed by atoms with Gasteiger partial charge >= 0.3 is 6.18 Å². The van der Waals surface area contributed by atoms with Crippen LogP contribution in [0.5, 0.6) is 0 Å². The molecule has 0 aliphatic heterocycles. The molecule has 0 unspecified atom stereocenters. The van der Waals surface area contributed by atoms with Gasteiger partial charge in [0.2, 0.25) is 11.8 Å².